The molecule has 6 heteroatoms. The van der Waals surface area contributed by atoms with E-state index in [4.69, 9.17) is 0 Å². The third kappa shape index (κ3) is 20.1. The lowest BCUT2D eigenvalue weighted by atomic mass is 10.1. The van der Waals surface area contributed by atoms with Crippen molar-refractivity contribution in [1.29, 1.82) is 0 Å². The molecule has 0 aliphatic rings. The van der Waals surface area contributed by atoms with Gasteiger partial charge < -0.3 is 0 Å². The Balaban J connectivity index is 0.000000125. The molecule has 14 rings (SSSR count). The zero-order valence-corrected chi connectivity index (χ0v) is 56.0. The number of aryl methyl sites for hydroxylation is 2. The predicted octanol–water partition coefficient (Wildman–Crippen LogP) is 17.4. The molecule has 0 bridgehead atoms. The maximum Gasteiger partial charge on any atom is 0.0548 e. The fourth-order valence-corrected chi connectivity index (χ4v) is 19.9. The van der Waals surface area contributed by atoms with Gasteiger partial charge in [0.05, 0.1) is 5.69 Å². The third-order valence-corrected chi connectivity index (χ3v) is 25.0. The molecule has 0 radical (unpaired) electrons. The Morgan fingerprint density at radius 2 is 0.352 bits per heavy atom. The first kappa shape index (κ1) is 65.2. The summed E-state index contributed by atoms with van der Waals surface area (Å²) in [4.78, 5) is 4.35. The molecule has 1 heterocycles. The number of aromatic nitrogens is 1. The Labute approximate surface area is 553 Å². The van der Waals surface area contributed by atoms with Crippen molar-refractivity contribution in [2.75, 3.05) is 0 Å². The second kappa shape index (κ2) is 36.8. The van der Waals surface area contributed by atoms with E-state index in [0.29, 0.717) is 0 Å². The fraction of sp³-hybridized carbons (Fsp3) is 0.0235. The van der Waals surface area contributed by atoms with Crippen LogP contribution >= 0.6 is 47.6 Å². The molecule has 13 aromatic carbocycles. The van der Waals surface area contributed by atoms with Gasteiger partial charge in [0.15, 0.2) is 0 Å². The average molecular weight is 1310 g/mol. The lowest BCUT2D eigenvalue weighted by Crippen LogP contribution is -2.20. The van der Waals surface area contributed by atoms with Crippen LogP contribution in [0.4, 0.5) is 0 Å². The maximum absolute atomic E-state index is 4.35. The van der Waals surface area contributed by atoms with Gasteiger partial charge in [0.25, 0.3) is 0 Å². The van der Waals surface area contributed by atoms with Crippen molar-refractivity contribution >= 4 is 111 Å². The minimum Gasteiger partial charge on any atom is -0.260 e. The van der Waals surface area contributed by atoms with Crippen LogP contribution in [0.1, 0.15) is 11.3 Å². The molecule has 0 aliphatic heterocycles. The highest BCUT2D eigenvalue weighted by Gasteiger charge is 2.19. The molecule has 0 spiro atoms. The molecule has 0 saturated heterocycles. The Morgan fingerprint density at radius 3 is 0.516 bits per heavy atom. The molecule has 0 saturated carbocycles. The SMILES string of the molecule is Brc1cccnc1CCc1ccccc1.c1ccc(P(c2ccccc2)c2ccccc2)cc1.c1ccc(P(c2ccccc2)c2ccccc2)cc1.c1ccc(P(c2ccccc2)c2ccccc2)cc1.c1ccc(P(c2ccccc2)c2ccccc2)cc1. The van der Waals surface area contributed by atoms with E-state index in [2.05, 4.69) is 409 Å². The topological polar surface area (TPSA) is 12.9 Å². The van der Waals surface area contributed by atoms with Crippen LogP contribution in [0.15, 0.2) is 417 Å². The van der Waals surface area contributed by atoms with Gasteiger partial charge in [0, 0.05) is 10.7 Å². The third-order valence-electron chi connectivity index (χ3n) is 14.5. The van der Waals surface area contributed by atoms with Crippen LogP contribution in [0, 0.1) is 0 Å². The molecular weight excluding hydrogens is 1240 g/mol. The molecule has 14 aromatic rings. The molecule has 0 aliphatic carbocycles. The quantitative estimate of drug-likeness (QED) is 0.0933. The van der Waals surface area contributed by atoms with Crippen molar-refractivity contribution < 1.29 is 0 Å². The number of pyridine rings is 1. The van der Waals surface area contributed by atoms with Crippen LogP contribution in [-0.4, -0.2) is 4.98 Å². The molecule has 91 heavy (non-hydrogen) atoms. The summed E-state index contributed by atoms with van der Waals surface area (Å²) < 4.78 is 1.10. The lowest BCUT2D eigenvalue weighted by molar-refractivity contribution is 0.906. The zero-order chi connectivity index (χ0) is 62.2. The van der Waals surface area contributed by atoms with E-state index >= 15 is 0 Å². The molecule has 1 aromatic heterocycles. The largest absolute Gasteiger partial charge is 0.260 e. The van der Waals surface area contributed by atoms with Crippen molar-refractivity contribution in [3.05, 3.63) is 428 Å². The smallest absolute Gasteiger partial charge is 0.0548 e. The first-order chi connectivity index (χ1) is 45.2. The number of nitrogens with zero attached hydrogens (tertiary/aromatic N) is 1. The van der Waals surface area contributed by atoms with Crippen molar-refractivity contribution in [3.63, 3.8) is 0 Å². The van der Waals surface area contributed by atoms with Gasteiger partial charge in [-0.3, -0.25) is 4.98 Å². The first-order valence-corrected chi connectivity index (χ1v) is 36.8. The van der Waals surface area contributed by atoms with Gasteiger partial charge in [-0.15, -0.1) is 0 Å². The van der Waals surface area contributed by atoms with Crippen LogP contribution in [0.2, 0.25) is 0 Å². The molecular formula is C85H72BrNP4. The van der Waals surface area contributed by atoms with Gasteiger partial charge in [-0.2, -0.15) is 0 Å². The van der Waals surface area contributed by atoms with Gasteiger partial charge >= 0.3 is 0 Å². The first-order valence-electron chi connectivity index (χ1n) is 30.6. The highest BCUT2D eigenvalue weighted by atomic mass is 79.9. The molecule has 0 amide bonds. The Bertz CT molecular complexity index is 3340. The average Bonchev–Trinajstić information content (AvgIpc) is 3.82. The molecule has 0 fully saturated rings. The summed E-state index contributed by atoms with van der Waals surface area (Å²) in [6, 6.07) is 144. The van der Waals surface area contributed by atoms with Crippen molar-refractivity contribution in [2.24, 2.45) is 0 Å². The molecule has 0 unspecified atom stereocenters. The summed E-state index contributed by atoms with van der Waals surface area (Å²) in [7, 11) is -1.78. The molecule has 444 valence electrons. The van der Waals surface area contributed by atoms with E-state index in [9.17, 15) is 0 Å². The van der Waals surface area contributed by atoms with Gasteiger partial charge in [-0.25, -0.2) is 0 Å². The maximum atomic E-state index is 4.35. The molecule has 1 nitrogen and oxygen atoms in total. The predicted molar refractivity (Wildman–Crippen MR) is 406 cm³/mol. The summed E-state index contributed by atoms with van der Waals surface area (Å²) in [5, 5.41) is 16.8. The monoisotopic (exact) mass is 1310 g/mol. The summed E-state index contributed by atoms with van der Waals surface area (Å²) in [6.07, 6.45) is 3.85. The Kier molecular flexibility index (Phi) is 26.3. The van der Waals surface area contributed by atoms with Crippen molar-refractivity contribution in [3.8, 4) is 0 Å². The summed E-state index contributed by atoms with van der Waals surface area (Å²) >= 11 is 3.51. The lowest BCUT2D eigenvalue weighted by Gasteiger charge is -2.18. The fourth-order valence-electron chi connectivity index (χ4n) is 10.2. The number of rotatable bonds is 15. The van der Waals surface area contributed by atoms with E-state index in [-0.39, 0.29) is 0 Å². The number of hydrogen-bond donors (Lipinski definition) is 0. The second-order valence-corrected chi connectivity index (χ2v) is 30.5. The minimum atomic E-state index is -0.446. The molecule has 0 atom stereocenters. The van der Waals surface area contributed by atoms with E-state index in [1.54, 1.807) is 0 Å². The summed E-state index contributed by atoms with van der Waals surface area (Å²) in [5.41, 5.74) is 2.48. The highest BCUT2D eigenvalue weighted by molar-refractivity contribution is 9.10. The van der Waals surface area contributed by atoms with Crippen LogP contribution in [0.5, 0.6) is 0 Å². The van der Waals surface area contributed by atoms with E-state index in [0.717, 1.165) is 23.0 Å². The van der Waals surface area contributed by atoms with Crippen LogP contribution in [-0.2, 0) is 12.8 Å². The Hall–Kier alpha value is -8.79. The van der Waals surface area contributed by atoms with Gasteiger partial charge in [0.2, 0.25) is 0 Å². The zero-order valence-electron chi connectivity index (χ0n) is 50.8. The van der Waals surface area contributed by atoms with Crippen LogP contribution in [0.25, 0.3) is 0 Å². The number of benzene rings is 13. The molecule has 0 N–H and O–H groups in total. The minimum absolute atomic E-state index is 0.446. The summed E-state index contributed by atoms with van der Waals surface area (Å²) in [6.45, 7) is 0. The highest BCUT2D eigenvalue weighted by Crippen LogP contribution is 2.35. The standard InChI is InChI=1S/4C18H15P.C13H12BrN/c4*1-4-10-16(11-5-1)19(17-12-6-2-7-13-17)18-14-8-3-9-15-18;14-12-7-4-10-15-13(12)9-8-11-5-2-1-3-6-11/h4*1-15H;1-7,10H,8-9H2. The van der Waals surface area contributed by atoms with E-state index < -0.39 is 31.7 Å². The summed E-state index contributed by atoms with van der Waals surface area (Å²) in [5.74, 6) is 0. The second-order valence-electron chi connectivity index (χ2n) is 20.8. The van der Waals surface area contributed by atoms with E-state index in [1.807, 2.05) is 24.4 Å². The van der Waals surface area contributed by atoms with Crippen LogP contribution < -0.4 is 63.7 Å². The number of halogens is 1. The normalized spacial score (nSPS) is 10.5. The number of hydrogen-bond acceptors (Lipinski definition) is 1. The van der Waals surface area contributed by atoms with Crippen molar-refractivity contribution in [1.82, 2.24) is 4.98 Å². The van der Waals surface area contributed by atoms with E-state index in [1.165, 1.54) is 69.2 Å². The van der Waals surface area contributed by atoms with Crippen molar-refractivity contribution in [2.45, 2.75) is 12.8 Å². The Morgan fingerprint density at radius 1 is 0.187 bits per heavy atom. The van der Waals surface area contributed by atoms with Gasteiger partial charge in [-0.05, 0) is 142 Å². The van der Waals surface area contributed by atoms with Gasteiger partial charge in [-0.1, -0.05) is 394 Å². The van der Waals surface area contributed by atoms with Crippen LogP contribution in [0.3, 0.4) is 0 Å². The van der Waals surface area contributed by atoms with Gasteiger partial charge in [0.1, 0.15) is 0 Å².